The van der Waals surface area contributed by atoms with Crippen LogP contribution >= 0.6 is 0 Å². The van der Waals surface area contributed by atoms with Gasteiger partial charge in [0.1, 0.15) is 11.5 Å². The molecular weight excluding hydrogens is 372 g/mol. The average molecular weight is 394 g/mol. The van der Waals surface area contributed by atoms with Crippen LogP contribution in [0.4, 0.5) is 5.69 Å². The van der Waals surface area contributed by atoms with Crippen LogP contribution in [0.25, 0.3) is 0 Å². The van der Waals surface area contributed by atoms with E-state index in [4.69, 9.17) is 13.9 Å². The number of amides is 2. The Bertz CT molecular complexity index is 952. The molecular formula is C22H22N2O5. The third kappa shape index (κ3) is 5.38. The van der Waals surface area contributed by atoms with Crippen molar-refractivity contribution in [3.63, 3.8) is 0 Å². The highest BCUT2D eigenvalue weighted by molar-refractivity contribution is 6.02. The van der Waals surface area contributed by atoms with E-state index >= 15 is 0 Å². The molecule has 0 bridgehead atoms. The number of carbonyl (C=O) groups is 2. The minimum absolute atomic E-state index is 0.127. The van der Waals surface area contributed by atoms with Crippen LogP contribution in [0.15, 0.2) is 71.3 Å². The zero-order valence-corrected chi connectivity index (χ0v) is 16.2. The molecule has 0 aliphatic rings. The van der Waals surface area contributed by atoms with Crippen molar-refractivity contribution in [3.05, 3.63) is 78.3 Å². The number of hydrogen-bond acceptors (Lipinski definition) is 5. The smallest absolute Gasteiger partial charge is 0.291 e. The van der Waals surface area contributed by atoms with E-state index < -0.39 is 0 Å². The molecule has 29 heavy (non-hydrogen) atoms. The predicted octanol–water partition coefficient (Wildman–Crippen LogP) is 3.80. The van der Waals surface area contributed by atoms with E-state index in [-0.39, 0.29) is 30.2 Å². The predicted molar refractivity (Wildman–Crippen MR) is 108 cm³/mol. The maximum absolute atomic E-state index is 12.2. The van der Waals surface area contributed by atoms with Gasteiger partial charge in [-0.25, -0.2) is 0 Å². The van der Waals surface area contributed by atoms with E-state index in [1.165, 1.54) is 6.26 Å². The molecule has 0 fully saturated rings. The first-order valence-electron chi connectivity index (χ1n) is 9.07. The van der Waals surface area contributed by atoms with Gasteiger partial charge in [0.25, 0.3) is 11.8 Å². The summed E-state index contributed by atoms with van der Waals surface area (Å²) in [5.74, 6) is 0.868. The van der Waals surface area contributed by atoms with Crippen LogP contribution in [0.3, 0.4) is 0 Å². The summed E-state index contributed by atoms with van der Waals surface area (Å²) in [7, 11) is 1.59. The average Bonchev–Trinajstić information content (AvgIpc) is 3.28. The standard InChI is InChI=1S/C22H22N2O5/c1-15(18-6-3-4-7-19(18)27-2)23-21(25)14-29-17-11-9-16(10-12-17)24-22(26)20-8-5-13-28-20/h3-13,15H,14H2,1-2H3,(H,23,25)(H,24,26). The maximum Gasteiger partial charge on any atom is 0.291 e. The van der Waals surface area contributed by atoms with Gasteiger partial charge < -0.3 is 24.5 Å². The van der Waals surface area contributed by atoms with Crippen molar-refractivity contribution >= 4 is 17.5 Å². The normalized spacial score (nSPS) is 11.4. The zero-order valence-electron chi connectivity index (χ0n) is 16.2. The van der Waals surface area contributed by atoms with Crippen molar-refractivity contribution < 1.29 is 23.5 Å². The highest BCUT2D eigenvalue weighted by Gasteiger charge is 2.14. The molecule has 0 saturated carbocycles. The quantitative estimate of drug-likeness (QED) is 0.607. The fourth-order valence-electron chi connectivity index (χ4n) is 2.77. The Labute approximate surface area is 168 Å². The second-order valence-electron chi connectivity index (χ2n) is 6.28. The first kappa shape index (κ1) is 20.0. The van der Waals surface area contributed by atoms with Crippen molar-refractivity contribution in [2.75, 3.05) is 19.0 Å². The number of methoxy groups -OCH3 is 1. The lowest BCUT2D eigenvalue weighted by Gasteiger charge is -2.17. The van der Waals surface area contributed by atoms with Crippen molar-refractivity contribution in [2.24, 2.45) is 0 Å². The Hall–Kier alpha value is -3.74. The van der Waals surface area contributed by atoms with E-state index in [1.54, 1.807) is 43.5 Å². The topological polar surface area (TPSA) is 89.8 Å². The van der Waals surface area contributed by atoms with Gasteiger partial charge in [-0.3, -0.25) is 9.59 Å². The highest BCUT2D eigenvalue weighted by Crippen LogP contribution is 2.24. The minimum atomic E-state index is -0.339. The number of carbonyl (C=O) groups excluding carboxylic acids is 2. The van der Waals surface area contributed by atoms with Gasteiger partial charge in [-0.1, -0.05) is 18.2 Å². The van der Waals surface area contributed by atoms with Gasteiger partial charge in [-0.2, -0.15) is 0 Å². The Morgan fingerprint density at radius 2 is 1.79 bits per heavy atom. The van der Waals surface area contributed by atoms with E-state index in [9.17, 15) is 9.59 Å². The molecule has 0 aliphatic carbocycles. The molecule has 7 nitrogen and oxygen atoms in total. The summed E-state index contributed by atoms with van der Waals surface area (Å²) in [6.07, 6.45) is 1.44. The van der Waals surface area contributed by atoms with E-state index in [0.29, 0.717) is 17.2 Å². The van der Waals surface area contributed by atoms with Crippen LogP contribution in [-0.4, -0.2) is 25.5 Å². The number of benzene rings is 2. The van der Waals surface area contributed by atoms with Gasteiger partial charge >= 0.3 is 0 Å². The molecule has 2 amide bonds. The molecule has 2 N–H and O–H groups in total. The van der Waals surface area contributed by atoms with Crippen molar-refractivity contribution in [2.45, 2.75) is 13.0 Å². The molecule has 1 heterocycles. The van der Waals surface area contributed by atoms with Gasteiger partial charge in [-0.15, -0.1) is 0 Å². The SMILES string of the molecule is COc1ccccc1C(C)NC(=O)COc1ccc(NC(=O)c2ccco2)cc1. The summed E-state index contributed by atoms with van der Waals surface area (Å²) in [5, 5.41) is 5.59. The van der Waals surface area contributed by atoms with Crippen LogP contribution < -0.4 is 20.1 Å². The molecule has 1 atom stereocenters. The lowest BCUT2D eigenvalue weighted by Crippen LogP contribution is -2.31. The van der Waals surface area contributed by atoms with Gasteiger partial charge in [0.15, 0.2) is 12.4 Å². The van der Waals surface area contributed by atoms with Crippen molar-refractivity contribution in [1.29, 1.82) is 0 Å². The van der Waals surface area contributed by atoms with Crippen LogP contribution in [0.2, 0.25) is 0 Å². The number of anilines is 1. The van der Waals surface area contributed by atoms with Crippen LogP contribution in [0.5, 0.6) is 11.5 Å². The summed E-state index contributed by atoms with van der Waals surface area (Å²) >= 11 is 0. The van der Waals surface area contributed by atoms with Crippen LogP contribution in [0, 0.1) is 0 Å². The molecule has 3 aromatic rings. The largest absolute Gasteiger partial charge is 0.496 e. The number of ether oxygens (including phenoxy) is 2. The number of para-hydroxylation sites is 1. The second-order valence-corrected chi connectivity index (χ2v) is 6.28. The molecule has 2 aromatic carbocycles. The Balaban J connectivity index is 1.49. The van der Waals surface area contributed by atoms with Crippen molar-refractivity contribution in [1.82, 2.24) is 5.32 Å². The van der Waals surface area contributed by atoms with Crippen molar-refractivity contribution in [3.8, 4) is 11.5 Å². The second kappa shape index (κ2) is 9.45. The third-order valence-electron chi connectivity index (χ3n) is 4.21. The Morgan fingerprint density at radius 1 is 1.03 bits per heavy atom. The summed E-state index contributed by atoms with van der Waals surface area (Å²) in [6.45, 7) is 1.75. The number of hydrogen-bond donors (Lipinski definition) is 2. The molecule has 7 heteroatoms. The molecule has 0 spiro atoms. The Kier molecular flexibility index (Phi) is 6.52. The van der Waals surface area contributed by atoms with Gasteiger partial charge in [0, 0.05) is 11.3 Å². The monoisotopic (exact) mass is 394 g/mol. The number of nitrogens with one attached hydrogen (secondary N) is 2. The number of rotatable bonds is 8. The lowest BCUT2D eigenvalue weighted by atomic mass is 10.1. The summed E-state index contributed by atoms with van der Waals surface area (Å²) in [5.41, 5.74) is 1.48. The molecule has 1 unspecified atom stereocenters. The summed E-state index contributed by atoms with van der Waals surface area (Å²) in [6, 6.07) is 17.2. The van der Waals surface area contributed by atoms with E-state index in [2.05, 4.69) is 10.6 Å². The zero-order chi connectivity index (χ0) is 20.6. The third-order valence-corrected chi connectivity index (χ3v) is 4.21. The van der Waals surface area contributed by atoms with E-state index in [0.717, 1.165) is 5.56 Å². The fourth-order valence-corrected chi connectivity index (χ4v) is 2.77. The number of furan rings is 1. The molecule has 0 radical (unpaired) electrons. The highest BCUT2D eigenvalue weighted by atomic mass is 16.5. The molecule has 150 valence electrons. The first-order chi connectivity index (χ1) is 14.1. The van der Waals surface area contributed by atoms with Gasteiger partial charge in [-0.05, 0) is 49.4 Å². The van der Waals surface area contributed by atoms with Crippen LogP contribution in [-0.2, 0) is 4.79 Å². The fraction of sp³-hybridized carbons (Fsp3) is 0.182. The lowest BCUT2D eigenvalue weighted by molar-refractivity contribution is -0.123. The summed E-state index contributed by atoms with van der Waals surface area (Å²) in [4.78, 5) is 24.1. The minimum Gasteiger partial charge on any atom is -0.496 e. The van der Waals surface area contributed by atoms with Crippen LogP contribution in [0.1, 0.15) is 29.1 Å². The molecule has 0 aliphatic heterocycles. The summed E-state index contributed by atoms with van der Waals surface area (Å²) < 4.78 is 15.9. The molecule has 0 saturated heterocycles. The van der Waals surface area contributed by atoms with Gasteiger partial charge in [0.05, 0.1) is 19.4 Å². The maximum atomic E-state index is 12.2. The Morgan fingerprint density at radius 3 is 2.48 bits per heavy atom. The molecule has 1 aromatic heterocycles. The van der Waals surface area contributed by atoms with Gasteiger partial charge in [0.2, 0.25) is 0 Å². The molecule has 3 rings (SSSR count). The van der Waals surface area contributed by atoms with E-state index in [1.807, 2.05) is 31.2 Å². The first-order valence-corrected chi connectivity index (χ1v) is 9.07.